The van der Waals surface area contributed by atoms with E-state index in [4.69, 9.17) is 14.2 Å². The summed E-state index contributed by atoms with van der Waals surface area (Å²) >= 11 is 0. The van der Waals surface area contributed by atoms with Gasteiger partial charge >= 0.3 is 0 Å². The number of pyridine rings is 1. The van der Waals surface area contributed by atoms with Crippen LogP contribution in [0.4, 0.5) is 0 Å². The van der Waals surface area contributed by atoms with Crippen LogP contribution in [0.25, 0.3) is 0 Å². The number of carbonyl (C=O) groups is 1. The third-order valence-electron chi connectivity index (χ3n) is 3.67. The van der Waals surface area contributed by atoms with Gasteiger partial charge in [0.1, 0.15) is 0 Å². The van der Waals surface area contributed by atoms with Gasteiger partial charge in [-0.1, -0.05) is 0 Å². The van der Waals surface area contributed by atoms with E-state index in [2.05, 4.69) is 10.3 Å². The van der Waals surface area contributed by atoms with Gasteiger partial charge in [-0.05, 0) is 42.3 Å². The number of hydrogen-bond acceptors (Lipinski definition) is 5. The highest BCUT2D eigenvalue weighted by Gasteiger charge is 2.16. The van der Waals surface area contributed by atoms with Crippen molar-refractivity contribution >= 4 is 5.91 Å². The van der Waals surface area contributed by atoms with E-state index in [9.17, 15) is 4.79 Å². The minimum absolute atomic E-state index is 0.0893. The third kappa shape index (κ3) is 4.16. The molecule has 1 aromatic carbocycles. The fraction of sp³-hybridized carbons (Fsp3) is 0.333. The van der Waals surface area contributed by atoms with Crippen molar-refractivity contribution in [2.45, 2.75) is 19.4 Å². The highest BCUT2D eigenvalue weighted by Crippen LogP contribution is 2.38. The number of amides is 1. The quantitative estimate of drug-likeness (QED) is 0.845. The van der Waals surface area contributed by atoms with Crippen molar-refractivity contribution < 1.29 is 19.0 Å². The van der Waals surface area contributed by atoms with Gasteiger partial charge in [-0.25, -0.2) is 0 Å². The van der Waals surface area contributed by atoms with Crippen LogP contribution in [-0.2, 0) is 11.2 Å². The maximum absolute atomic E-state index is 12.3. The minimum Gasteiger partial charge on any atom is -0.493 e. The zero-order valence-electron chi connectivity index (χ0n) is 14.3. The summed E-state index contributed by atoms with van der Waals surface area (Å²) in [5, 5.41) is 2.97. The van der Waals surface area contributed by atoms with Crippen molar-refractivity contribution in [3.05, 3.63) is 47.8 Å². The number of rotatable bonds is 7. The molecule has 128 valence electrons. The van der Waals surface area contributed by atoms with Gasteiger partial charge in [-0.15, -0.1) is 0 Å². The molecule has 1 N–H and O–H groups in total. The number of hydrogen-bond donors (Lipinski definition) is 1. The Morgan fingerprint density at radius 3 is 2.17 bits per heavy atom. The molecule has 0 aliphatic heterocycles. The van der Waals surface area contributed by atoms with Crippen molar-refractivity contribution in [3.8, 4) is 17.2 Å². The molecule has 0 bridgehead atoms. The lowest BCUT2D eigenvalue weighted by Crippen LogP contribution is -2.28. The Morgan fingerprint density at radius 1 is 1.08 bits per heavy atom. The molecule has 0 aliphatic carbocycles. The Balaban J connectivity index is 2.11. The van der Waals surface area contributed by atoms with Gasteiger partial charge < -0.3 is 19.5 Å². The number of ether oxygens (including phenoxy) is 3. The maximum Gasteiger partial charge on any atom is 0.224 e. The van der Waals surface area contributed by atoms with Crippen LogP contribution in [0, 0.1) is 0 Å². The number of nitrogens with zero attached hydrogens (tertiary/aromatic N) is 1. The summed E-state index contributed by atoms with van der Waals surface area (Å²) < 4.78 is 15.9. The number of aromatic nitrogens is 1. The second-order valence-electron chi connectivity index (χ2n) is 5.28. The van der Waals surface area contributed by atoms with Crippen LogP contribution in [0.2, 0.25) is 0 Å². The lowest BCUT2D eigenvalue weighted by atomic mass is 10.1. The number of benzene rings is 1. The van der Waals surface area contributed by atoms with Crippen LogP contribution in [0.3, 0.4) is 0 Å². The lowest BCUT2D eigenvalue weighted by molar-refractivity contribution is -0.121. The first-order valence-corrected chi connectivity index (χ1v) is 7.57. The Bertz CT molecular complexity index is 664. The smallest absolute Gasteiger partial charge is 0.224 e. The van der Waals surface area contributed by atoms with Crippen LogP contribution in [-0.4, -0.2) is 32.2 Å². The van der Waals surface area contributed by atoms with Gasteiger partial charge in [0, 0.05) is 12.4 Å². The van der Waals surface area contributed by atoms with Crippen LogP contribution < -0.4 is 19.5 Å². The third-order valence-corrected chi connectivity index (χ3v) is 3.67. The van der Waals surface area contributed by atoms with Crippen molar-refractivity contribution in [2.24, 2.45) is 0 Å². The molecular formula is C18H22N2O4. The van der Waals surface area contributed by atoms with E-state index in [-0.39, 0.29) is 18.4 Å². The average Bonchev–Trinajstić information content (AvgIpc) is 2.61. The molecule has 24 heavy (non-hydrogen) atoms. The predicted octanol–water partition coefficient (Wildman–Crippen LogP) is 2.53. The van der Waals surface area contributed by atoms with Crippen molar-refractivity contribution in [2.75, 3.05) is 21.3 Å². The summed E-state index contributed by atoms with van der Waals surface area (Å²) in [5.41, 5.74) is 1.78. The van der Waals surface area contributed by atoms with Crippen LogP contribution in [0.5, 0.6) is 17.2 Å². The molecule has 1 aromatic heterocycles. The molecule has 0 saturated carbocycles. The van der Waals surface area contributed by atoms with E-state index in [0.717, 1.165) is 11.1 Å². The summed E-state index contributed by atoms with van der Waals surface area (Å²) in [4.78, 5) is 16.3. The first kappa shape index (κ1) is 17.6. The molecule has 6 heteroatoms. The second kappa shape index (κ2) is 8.19. The van der Waals surface area contributed by atoms with E-state index < -0.39 is 0 Å². The molecule has 1 atom stereocenters. The fourth-order valence-electron chi connectivity index (χ4n) is 2.45. The van der Waals surface area contributed by atoms with Crippen molar-refractivity contribution in [1.82, 2.24) is 10.3 Å². The summed E-state index contributed by atoms with van der Waals surface area (Å²) in [7, 11) is 4.64. The Kier molecular flexibility index (Phi) is 6.01. The standard InChI is InChI=1S/C18H22N2O4/c1-12(14-5-7-19-8-6-14)20-17(21)11-13-9-15(22-2)18(24-4)16(10-13)23-3/h5-10,12H,11H2,1-4H3,(H,20,21). The number of methoxy groups -OCH3 is 3. The molecule has 0 radical (unpaired) electrons. The van der Waals surface area contributed by atoms with Gasteiger partial charge in [0.05, 0.1) is 33.8 Å². The van der Waals surface area contributed by atoms with Gasteiger partial charge in [-0.3, -0.25) is 9.78 Å². The summed E-state index contributed by atoms with van der Waals surface area (Å²) in [6.07, 6.45) is 3.63. The van der Waals surface area contributed by atoms with E-state index in [0.29, 0.717) is 17.2 Å². The highest BCUT2D eigenvalue weighted by atomic mass is 16.5. The van der Waals surface area contributed by atoms with Crippen molar-refractivity contribution in [3.63, 3.8) is 0 Å². The zero-order chi connectivity index (χ0) is 17.5. The number of nitrogens with one attached hydrogen (secondary N) is 1. The molecule has 1 amide bonds. The first-order valence-electron chi connectivity index (χ1n) is 7.57. The van der Waals surface area contributed by atoms with E-state index >= 15 is 0 Å². The summed E-state index contributed by atoms with van der Waals surface area (Å²) in [6.45, 7) is 1.93. The van der Waals surface area contributed by atoms with Crippen LogP contribution in [0.15, 0.2) is 36.7 Å². The van der Waals surface area contributed by atoms with E-state index in [1.165, 1.54) is 0 Å². The van der Waals surface area contributed by atoms with E-state index in [1.54, 1.807) is 45.9 Å². The van der Waals surface area contributed by atoms with Crippen LogP contribution >= 0.6 is 0 Å². The zero-order valence-corrected chi connectivity index (χ0v) is 14.3. The Morgan fingerprint density at radius 2 is 1.67 bits per heavy atom. The molecule has 0 spiro atoms. The maximum atomic E-state index is 12.3. The molecular weight excluding hydrogens is 308 g/mol. The van der Waals surface area contributed by atoms with Gasteiger partial charge in [0.2, 0.25) is 11.7 Å². The first-order chi connectivity index (χ1) is 11.6. The SMILES string of the molecule is COc1cc(CC(=O)NC(C)c2ccncc2)cc(OC)c1OC. The average molecular weight is 330 g/mol. The largest absolute Gasteiger partial charge is 0.493 e. The summed E-state index contributed by atoms with van der Waals surface area (Å²) in [6, 6.07) is 7.22. The molecule has 2 aromatic rings. The summed E-state index contributed by atoms with van der Waals surface area (Å²) in [5.74, 6) is 1.48. The monoisotopic (exact) mass is 330 g/mol. The lowest BCUT2D eigenvalue weighted by Gasteiger charge is -2.16. The van der Waals surface area contributed by atoms with Gasteiger partial charge in [-0.2, -0.15) is 0 Å². The minimum atomic E-state index is -0.0949. The van der Waals surface area contributed by atoms with E-state index in [1.807, 2.05) is 19.1 Å². The fourth-order valence-corrected chi connectivity index (χ4v) is 2.45. The predicted molar refractivity (Wildman–Crippen MR) is 90.6 cm³/mol. The number of carbonyl (C=O) groups excluding carboxylic acids is 1. The Hall–Kier alpha value is -2.76. The molecule has 0 saturated heterocycles. The topological polar surface area (TPSA) is 69.7 Å². The second-order valence-corrected chi connectivity index (χ2v) is 5.28. The highest BCUT2D eigenvalue weighted by molar-refractivity contribution is 5.79. The van der Waals surface area contributed by atoms with Gasteiger partial charge in [0.25, 0.3) is 0 Å². The van der Waals surface area contributed by atoms with Crippen molar-refractivity contribution in [1.29, 1.82) is 0 Å². The molecule has 6 nitrogen and oxygen atoms in total. The molecule has 1 unspecified atom stereocenters. The normalized spacial score (nSPS) is 11.5. The van der Waals surface area contributed by atoms with Gasteiger partial charge in [0.15, 0.2) is 11.5 Å². The molecule has 2 rings (SSSR count). The van der Waals surface area contributed by atoms with Crippen LogP contribution in [0.1, 0.15) is 24.1 Å². The Labute approximate surface area is 141 Å². The molecule has 1 heterocycles. The molecule has 0 aliphatic rings. The molecule has 0 fully saturated rings.